The summed E-state index contributed by atoms with van der Waals surface area (Å²) in [5.41, 5.74) is 16.2. The fourth-order valence-electron chi connectivity index (χ4n) is 13.3. The van der Waals surface area contributed by atoms with Crippen molar-refractivity contribution in [3.63, 3.8) is 0 Å². The van der Waals surface area contributed by atoms with Gasteiger partial charge >= 0.3 is 0 Å². The monoisotopic (exact) mass is 877 g/mol. The maximum Gasteiger partial charge on any atom is 0.169 e. The Morgan fingerprint density at radius 3 is 1.08 bits per heavy atom. The van der Waals surface area contributed by atoms with Crippen LogP contribution in [-0.4, -0.2) is 20.4 Å². The van der Waals surface area contributed by atoms with Crippen LogP contribution in [0.1, 0.15) is 191 Å². The summed E-state index contributed by atoms with van der Waals surface area (Å²) in [6.45, 7) is 37.3. The van der Waals surface area contributed by atoms with Gasteiger partial charge in [-0.25, -0.2) is 0 Å². The Morgan fingerprint density at radius 2 is 0.773 bits per heavy atom. The van der Waals surface area contributed by atoms with Gasteiger partial charge in [0.05, 0.1) is 33.1 Å². The van der Waals surface area contributed by atoms with E-state index in [2.05, 4.69) is 168 Å². The first-order chi connectivity index (χ1) is 30.8. The number of ketones is 2. The van der Waals surface area contributed by atoms with Gasteiger partial charge in [0.25, 0.3) is 0 Å². The zero-order valence-corrected chi connectivity index (χ0v) is 43.0. The molecule has 0 saturated heterocycles. The van der Waals surface area contributed by atoms with Crippen molar-refractivity contribution in [3.05, 3.63) is 93.0 Å². The minimum atomic E-state index is -0.335. The largest absolute Gasteiger partial charge is 0.308 e. The molecule has 0 spiro atoms. The predicted molar refractivity (Wildman–Crippen MR) is 282 cm³/mol. The van der Waals surface area contributed by atoms with Gasteiger partial charge in [0.2, 0.25) is 0 Å². The van der Waals surface area contributed by atoms with Gasteiger partial charge in [0.1, 0.15) is 0 Å². The normalized spacial score (nSPS) is 17.0. The van der Waals surface area contributed by atoms with E-state index < -0.39 is 0 Å². The Morgan fingerprint density at radius 1 is 0.439 bits per heavy atom. The summed E-state index contributed by atoms with van der Waals surface area (Å²) >= 11 is 0. The Hall–Kier alpha value is -4.96. The third-order valence-electron chi connectivity index (χ3n) is 17.2. The van der Waals surface area contributed by atoms with E-state index in [-0.39, 0.29) is 32.5 Å². The fraction of sp³-hybridized carbons (Fsp3) is 0.484. The molecule has 0 atom stereocenters. The van der Waals surface area contributed by atoms with Gasteiger partial charge < -0.3 is 8.80 Å². The lowest BCUT2D eigenvalue weighted by Gasteiger charge is -2.25. The van der Waals surface area contributed by atoms with Crippen LogP contribution in [-0.2, 0) is 36.5 Å². The number of benzene rings is 5. The van der Waals surface area contributed by atoms with E-state index in [1.807, 2.05) is 0 Å². The molecule has 0 radical (unpaired) electrons. The van der Waals surface area contributed by atoms with Crippen molar-refractivity contribution in [2.24, 2.45) is 21.7 Å². The van der Waals surface area contributed by atoms with E-state index in [9.17, 15) is 9.59 Å². The van der Waals surface area contributed by atoms with Crippen LogP contribution in [0.25, 0.3) is 76.2 Å². The summed E-state index contributed by atoms with van der Waals surface area (Å²) < 4.78 is 5.27. The van der Waals surface area contributed by atoms with Crippen LogP contribution in [0.15, 0.2) is 48.5 Å². The first-order valence-corrected chi connectivity index (χ1v) is 25.4. The summed E-state index contributed by atoms with van der Waals surface area (Å²) in [7, 11) is 0. The summed E-state index contributed by atoms with van der Waals surface area (Å²) in [6, 6.07) is 19.5. The topological polar surface area (TPSA) is 43.0 Å². The number of fused-ring (bicyclic) bond motifs is 14. The molecule has 0 amide bonds. The lowest BCUT2D eigenvalue weighted by molar-refractivity contribution is 0.0799. The number of carbonyl (C=O) groups excluding carboxylic acids is 2. The average molecular weight is 877 g/mol. The van der Waals surface area contributed by atoms with E-state index >= 15 is 0 Å². The number of aromatic nitrogens is 2. The molecule has 2 aliphatic carbocycles. The molecule has 342 valence electrons. The highest BCUT2D eigenvalue weighted by molar-refractivity contribution is 6.32. The molecule has 11 rings (SSSR count). The van der Waals surface area contributed by atoms with Crippen molar-refractivity contribution in [1.29, 1.82) is 0 Å². The van der Waals surface area contributed by atoms with Gasteiger partial charge in [-0.1, -0.05) is 111 Å². The molecular weight excluding hydrogens is 805 g/mol. The summed E-state index contributed by atoms with van der Waals surface area (Å²) in [4.78, 5) is 29.3. The van der Waals surface area contributed by atoms with E-state index in [0.717, 1.165) is 73.5 Å². The Bertz CT molecular complexity index is 3340. The molecule has 4 aromatic heterocycles. The van der Waals surface area contributed by atoms with Gasteiger partial charge in [-0.05, 0) is 155 Å². The first kappa shape index (κ1) is 43.6. The lowest BCUT2D eigenvalue weighted by Crippen LogP contribution is -2.26. The number of nitrogens with zero attached hydrogens (tertiary/aromatic N) is 2. The van der Waals surface area contributed by atoms with Crippen molar-refractivity contribution in [3.8, 4) is 0 Å². The highest BCUT2D eigenvalue weighted by atomic mass is 16.1. The van der Waals surface area contributed by atoms with Crippen LogP contribution in [0.4, 0.5) is 0 Å². The van der Waals surface area contributed by atoms with Gasteiger partial charge in [-0.3, -0.25) is 9.59 Å². The zero-order chi connectivity index (χ0) is 47.3. The molecule has 0 saturated carbocycles. The van der Waals surface area contributed by atoms with Crippen molar-refractivity contribution in [2.45, 2.75) is 173 Å². The molecule has 5 aromatic carbocycles. The quantitative estimate of drug-likeness (QED) is 0.167. The molecule has 4 heteroatoms. The first-order valence-electron chi connectivity index (χ1n) is 25.4. The van der Waals surface area contributed by atoms with E-state index in [1.165, 1.54) is 98.5 Å². The second-order valence-electron chi connectivity index (χ2n) is 25.9. The maximum absolute atomic E-state index is 14.7. The van der Waals surface area contributed by atoms with Crippen molar-refractivity contribution in [1.82, 2.24) is 8.80 Å². The van der Waals surface area contributed by atoms with E-state index in [1.54, 1.807) is 0 Å². The second-order valence-corrected chi connectivity index (χ2v) is 25.9. The molecule has 66 heavy (non-hydrogen) atoms. The van der Waals surface area contributed by atoms with Crippen LogP contribution in [0, 0.1) is 21.7 Å². The van der Waals surface area contributed by atoms with E-state index in [4.69, 9.17) is 0 Å². The number of rotatable bonds is 6. The molecule has 9 aromatic rings. The highest BCUT2D eigenvalue weighted by Crippen LogP contribution is 2.54. The molecule has 4 nitrogen and oxygen atoms in total. The van der Waals surface area contributed by atoms with Crippen LogP contribution >= 0.6 is 0 Å². The maximum atomic E-state index is 14.7. The molecule has 0 N–H and O–H groups in total. The minimum absolute atomic E-state index is 0.0451. The molecule has 0 fully saturated rings. The average Bonchev–Trinajstić information content (AvgIpc) is 4.05. The van der Waals surface area contributed by atoms with Gasteiger partial charge in [0, 0.05) is 65.0 Å². The molecule has 4 heterocycles. The number of Topliss-reactive ketones (excluding diaryl/α,β-unsaturated/α-hetero) is 2. The third-order valence-corrected chi connectivity index (χ3v) is 17.2. The van der Waals surface area contributed by atoms with Crippen LogP contribution in [0.3, 0.4) is 0 Å². The zero-order valence-electron chi connectivity index (χ0n) is 43.0. The second kappa shape index (κ2) is 13.4. The van der Waals surface area contributed by atoms with Crippen molar-refractivity contribution < 1.29 is 9.59 Å². The van der Waals surface area contributed by atoms with Crippen LogP contribution in [0.5, 0.6) is 0 Å². The van der Waals surface area contributed by atoms with Crippen molar-refractivity contribution >= 4 is 87.8 Å². The summed E-state index contributed by atoms with van der Waals surface area (Å²) in [6.07, 6.45) is 6.80. The fourth-order valence-corrected chi connectivity index (χ4v) is 13.3. The molecule has 2 aliphatic rings. The summed E-state index contributed by atoms with van der Waals surface area (Å²) in [5, 5.41) is 10.4. The van der Waals surface area contributed by atoms with Crippen LogP contribution in [0.2, 0.25) is 0 Å². The SMILES string of the molecule is CCC1(CC)Cc2cc3c4cc(C(C)(C)C)cc5c6c(CC(C)(C)C)c7c(c(CC(C)(C)C)c6n(c3cc2C1=O)c45)c1cc(C(C)(C)C)cc2c3cc4c(cc3n7c21)C(=O)C(CC)(CC)C4. The number of hydrogen-bond donors (Lipinski definition) is 0. The van der Waals surface area contributed by atoms with E-state index in [0.29, 0.717) is 11.6 Å². The number of carbonyl (C=O) groups is 2. The molecule has 0 aliphatic heterocycles. The Kier molecular flexibility index (Phi) is 8.84. The predicted octanol–water partition coefficient (Wildman–Crippen LogP) is 16.8. The molecule has 0 bridgehead atoms. The van der Waals surface area contributed by atoms with Crippen molar-refractivity contribution in [2.75, 3.05) is 0 Å². The minimum Gasteiger partial charge on any atom is -0.308 e. The van der Waals surface area contributed by atoms with Crippen LogP contribution < -0.4 is 0 Å². The van der Waals surface area contributed by atoms with Gasteiger partial charge in [-0.2, -0.15) is 0 Å². The highest BCUT2D eigenvalue weighted by Gasteiger charge is 2.45. The molecular formula is C62H72N2O2. The van der Waals surface area contributed by atoms with Gasteiger partial charge in [0.15, 0.2) is 11.6 Å². The lowest BCUT2D eigenvalue weighted by atomic mass is 9.79. The standard InChI is InChI=1S/C62H72N2O2/c1-17-61(18-2)29-33-21-39-41-23-35(59(11,12)13)25-43-49-46(32-58(8,9)10)54-50(45(31-57(5,6)7)53(49)63(51(41)43)47(39)27-37(33)55(61)65)44-26-36(60(14,15)16)24-42-40-22-34-30-62(19-3,20-4)56(66)38(34)28-48(40)64(54)52(42)44/h21-28H,17-20,29-32H2,1-16H3. The third kappa shape index (κ3) is 5.69. The number of hydrogen-bond acceptors (Lipinski definition) is 2. The Labute approximate surface area is 392 Å². The smallest absolute Gasteiger partial charge is 0.169 e. The Balaban J connectivity index is 1.44. The summed E-state index contributed by atoms with van der Waals surface area (Å²) in [5.74, 6) is 0.641. The molecule has 0 unspecified atom stereocenters. The van der Waals surface area contributed by atoms with Gasteiger partial charge in [-0.15, -0.1) is 0 Å².